The van der Waals surface area contributed by atoms with E-state index < -0.39 is 0 Å². The Hall–Kier alpha value is -0.860. The molecule has 2 heterocycles. The highest BCUT2D eigenvalue weighted by molar-refractivity contribution is 14.0. The Labute approximate surface area is 157 Å². The van der Waals surface area contributed by atoms with Crippen molar-refractivity contribution < 1.29 is 0 Å². The summed E-state index contributed by atoms with van der Waals surface area (Å²) in [5.74, 6) is 1.24. The smallest absolute Gasteiger partial charge is 0.191 e. The molecule has 0 fully saturated rings. The van der Waals surface area contributed by atoms with Crippen molar-refractivity contribution in [3.05, 3.63) is 51.4 Å². The number of pyridine rings is 1. The van der Waals surface area contributed by atoms with Crippen LogP contribution in [0.3, 0.4) is 0 Å². The molecule has 2 rings (SSSR count). The summed E-state index contributed by atoms with van der Waals surface area (Å²) in [7, 11) is 1.77. The molecule has 0 amide bonds. The van der Waals surface area contributed by atoms with Gasteiger partial charge in [0.25, 0.3) is 0 Å². The van der Waals surface area contributed by atoms with E-state index in [1.165, 1.54) is 4.88 Å². The number of nitrogens with one attached hydrogen (secondary N) is 2. The molecule has 0 aliphatic heterocycles. The average molecular weight is 451 g/mol. The number of guanidine groups is 1. The fourth-order valence-electron chi connectivity index (χ4n) is 1.84. The van der Waals surface area contributed by atoms with Crippen molar-refractivity contribution in [1.29, 1.82) is 0 Å². The predicted octanol–water partition coefficient (Wildman–Crippen LogP) is 3.88. The number of nitrogens with zero attached hydrogens (tertiary/aromatic N) is 2. The molecule has 0 radical (unpaired) electrons. The Morgan fingerprint density at radius 2 is 2.18 bits per heavy atom. The first kappa shape index (κ1) is 19.2. The van der Waals surface area contributed by atoms with Crippen molar-refractivity contribution in [3.63, 3.8) is 0 Å². The molecule has 0 aromatic carbocycles. The van der Waals surface area contributed by atoms with Gasteiger partial charge in [-0.15, -0.1) is 35.3 Å². The Morgan fingerprint density at radius 3 is 2.77 bits per heavy atom. The second-order valence-electron chi connectivity index (χ2n) is 4.71. The van der Waals surface area contributed by atoms with Gasteiger partial charge in [-0.25, -0.2) is 4.98 Å². The molecule has 2 aromatic rings. The molecule has 0 aliphatic rings. The van der Waals surface area contributed by atoms with E-state index in [9.17, 15) is 0 Å². The fraction of sp³-hybridized carbons (Fsp3) is 0.333. The highest BCUT2D eigenvalue weighted by atomic mass is 127. The van der Waals surface area contributed by atoms with E-state index in [0.29, 0.717) is 17.6 Å². The highest BCUT2D eigenvalue weighted by Gasteiger charge is 2.07. The SMILES string of the molecule is CN=C(NCc1ccc(Cl)nc1)NCC(C)c1cccs1.I. The molecule has 0 bridgehead atoms. The van der Waals surface area contributed by atoms with Crippen LogP contribution in [-0.4, -0.2) is 24.5 Å². The zero-order chi connectivity index (χ0) is 15.1. The van der Waals surface area contributed by atoms with Gasteiger partial charge in [-0.1, -0.05) is 30.7 Å². The number of aliphatic imine (C=N–C) groups is 1. The van der Waals surface area contributed by atoms with Crippen LogP contribution in [0.25, 0.3) is 0 Å². The quantitative estimate of drug-likeness (QED) is 0.314. The van der Waals surface area contributed by atoms with Gasteiger partial charge in [-0.2, -0.15) is 0 Å². The molecule has 0 aliphatic carbocycles. The number of halogens is 2. The van der Waals surface area contributed by atoms with E-state index in [-0.39, 0.29) is 24.0 Å². The van der Waals surface area contributed by atoms with Gasteiger partial charge < -0.3 is 10.6 Å². The van der Waals surface area contributed by atoms with Crippen LogP contribution in [-0.2, 0) is 6.54 Å². The summed E-state index contributed by atoms with van der Waals surface area (Å²) in [5.41, 5.74) is 1.06. The molecular weight excluding hydrogens is 431 g/mol. The van der Waals surface area contributed by atoms with Crippen molar-refractivity contribution in [2.75, 3.05) is 13.6 Å². The maximum Gasteiger partial charge on any atom is 0.191 e. The van der Waals surface area contributed by atoms with Crippen LogP contribution in [0.15, 0.2) is 40.8 Å². The molecule has 120 valence electrons. The van der Waals surface area contributed by atoms with Gasteiger partial charge in [0, 0.05) is 37.1 Å². The van der Waals surface area contributed by atoms with Gasteiger partial charge >= 0.3 is 0 Å². The zero-order valence-corrected chi connectivity index (χ0v) is 16.4. The maximum atomic E-state index is 5.77. The molecule has 22 heavy (non-hydrogen) atoms. The minimum atomic E-state index is 0. The Bertz CT molecular complexity index is 572. The van der Waals surface area contributed by atoms with Gasteiger partial charge in [-0.05, 0) is 23.1 Å². The third kappa shape index (κ3) is 6.10. The molecule has 0 spiro atoms. The second-order valence-corrected chi connectivity index (χ2v) is 6.08. The topological polar surface area (TPSA) is 49.3 Å². The monoisotopic (exact) mass is 450 g/mol. The first-order valence-corrected chi connectivity index (χ1v) is 8.03. The van der Waals surface area contributed by atoms with E-state index in [0.717, 1.165) is 18.1 Å². The van der Waals surface area contributed by atoms with Gasteiger partial charge in [0.1, 0.15) is 5.15 Å². The van der Waals surface area contributed by atoms with Crippen molar-refractivity contribution >= 4 is 52.9 Å². The number of hydrogen-bond acceptors (Lipinski definition) is 3. The van der Waals surface area contributed by atoms with Crippen molar-refractivity contribution in [3.8, 4) is 0 Å². The van der Waals surface area contributed by atoms with Gasteiger partial charge in [0.15, 0.2) is 5.96 Å². The third-order valence-corrected chi connectivity index (χ3v) is 4.40. The summed E-state index contributed by atoms with van der Waals surface area (Å²) in [6.07, 6.45) is 1.76. The lowest BCUT2D eigenvalue weighted by molar-refractivity contribution is 0.708. The van der Waals surface area contributed by atoms with E-state index in [1.807, 2.05) is 6.07 Å². The highest BCUT2D eigenvalue weighted by Crippen LogP contribution is 2.19. The molecule has 1 atom stereocenters. The number of thiophene rings is 1. The molecule has 0 saturated carbocycles. The fourth-order valence-corrected chi connectivity index (χ4v) is 2.74. The lowest BCUT2D eigenvalue weighted by Crippen LogP contribution is -2.38. The van der Waals surface area contributed by atoms with Crippen LogP contribution in [0.5, 0.6) is 0 Å². The van der Waals surface area contributed by atoms with Crippen LogP contribution >= 0.6 is 46.9 Å². The minimum absolute atomic E-state index is 0. The van der Waals surface area contributed by atoms with Crippen molar-refractivity contribution in [2.24, 2.45) is 4.99 Å². The van der Waals surface area contributed by atoms with Gasteiger partial charge in [0.2, 0.25) is 0 Å². The lowest BCUT2D eigenvalue weighted by Gasteiger charge is -2.15. The van der Waals surface area contributed by atoms with Crippen LogP contribution < -0.4 is 10.6 Å². The molecular formula is C15H20ClIN4S. The Morgan fingerprint density at radius 1 is 1.36 bits per heavy atom. The largest absolute Gasteiger partial charge is 0.356 e. The van der Waals surface area contributed by atoms with E-state index in [4.69, 9.17) is 11.6 Å². The van der Waals surface area contributed by atoms with E-state index >= 15 is 0 Å². The van der Waals surface area contributed by atoms with Gasteiger partial charge in [-0.3, -0.25) is 4.99 Å². The minimum Gasteiger partial charge on any atom is -0.356 e. The van der Waals surface area contributed by atoms with Crippen LogP contribution in [0.2, 0.25) is 5.15 Å². The molecule has 0 saturated heterocycles. The molecule has 7 heteroatoms. The first-order valence-electron chi connectivity index (χ1n) is 6.77. The Balaban J connectivity index is 0.00000242. The average Bonchev–Trinajstić information content (AvgIpc) is 3.03. The van der Waals surface area contributed by atoms with Crippen LogP contribution in [0.4, 0.5) is 0 Å². The standard InChI is InChI=1S/C15H19ClN4S.HI/c1-11(13-4-3-7-21-13)8-19-15(17-2)20-10-12-5-6-14(16)18-9-12;/h3-7,9,11H,8,10H2,1-2H3,(H2,17,19,20);1H. The zero-order valence-electron chi connectivity index (χ0n) is 12.5. The summed E-state index contributed by atoms with van der Waals surface area (Å²) in [5, 5.41) is 9.21. The second kappa shape index (κ2) is 10.0. The number of rotatable bonds is 5. The summed E-state index contributed by atoms with van der Waals surface area (Å²) in [4.78, 5) is 9.66. The summed E-state index contributed by atoms with van der Waals surface area (Å²) < 4.78 is 0. The van der Waals surface area contributed by atoms with Crippen molar-refractivity contribution in [2.45, 2.75) is 19.4 Å². The predicted molar refractivity (Wildman–Crippen MR) is 106 cm³/mol. The molecule has 1 unspecified atom stereocenters. The van der Waals surface area contributed by atoms with Gasteiger partial charge in [0.05, 0.1) is 0 Å². The third-order valence-electron chi connectivity index (χ3n) is 3.08. The number of hydrogen-bond donors (Lipinski definition) is 2. The molecule has 2 aromatic heterocycles. The van der Waals surface area contributed by atoms with E-state index in [2.05, 4.69) is 45.0 Å². The normalized spacial score (nSPS) is 12.4. The summed E-state index contributed by atoms with van der Waals surface area (Å²) in [6.45, 7) is 3.71. The maximum absolute atomic E-state index is 5.77. The van der Waals surface area contributed by atoms with Crippen molar-refractivity contribution in [1.82, 2.24) is 15.6 Å². The first-order chi connectivity index (χ1) is 10.2. The van der Waals surface area contributed by atoms with Crippen LogP contribution in [0.1, 0.15) is 23.3 Å². The van der Waals surface area contributed by atoms with E-state index in [1.54, 1.807) is 30.6 Å². The van der Waals surface area contributed by atoms with Crippen LogP contribution in [0, 0.1) is 0 Å². The summed E-state index contributed by atoms with van der Waals surface area (Å²) >= 11 is 7.55. The summed E-state index contributed by atoms with van der Waals surface area (Å²) in [6, 6.07) is 7.97. The molecule has 2 N–H and O–H groups in total. The number of aromatic nitrogens is 1. The molecule has 4 nitrogen and oxygen atoms in total. The Kier molecular flexibility index (Phi) is 8.74. The lowest BCUT2D eigenvalue weighted by atomic mass is 10.1.